The van der Waals surface area contributed by atoms with Crippen LogP contribution in [0.4, 0.5) is 0 Å². The molecule has 44 heavy (non-hydrogen) atoms. The van der Waals surface area contributed by atoms with Gasteiger partial charge in [0.1, 0.15) is 11.5 Å². The van der Waals surface area contributed by atoms with Gasteiger partial charge in [-0.15, -0.1) is 0 Å². The summed E-state index contributed by atoms with van der Waals surface area (Å²) < 4.78 is 11.3. The smallest absolute Gasteiger partial charge is 0.343 e. The van der Waals surface area contributed by atoms with Crippen molar-refractivity contribution in [2.45, 2.75) is 103 Å². The number of carbonyl (C=O) groups excluding carboxylic acids is 2. The minimum absolute atomic E-state index is 0.251. The molecule has 2 aliphatic rings. The monoisotopic (exact) mass is 593 g/mol. The summed E-state index contributed by atoms with van der Waals surface area (Å²) in [5.74, 6) is 2.46. The van der Waals surface area contributed by atoms with Crippen molar-refractivity contribution in [2.75, 3.05) is 0 Å². The van der Waals surface area contributed by atoms with Crippen LogP contribution in [0.1, 0.15) is 140 Å². The van der Waals surface area contributed by atoms with Crippen molar-refractivity contribution in [3.05, 3.63) is 94.5 Å². The number of ether oxygens (including phenoxy) is 2. The number of esters is 2. The molecule has 2 saturated carbocycles. The number of carbonyl (C=O) groups is 2. The third kappa shape index (κ3) is 8.05. The number of nitrogens with one attached hydrogen (secondary N) is 1. The SMILES string of the molecule is CCCC1CCC(c2ccc(C(=O)Oc3ccc(OC(=O)c4ccc(C5CCC(CCC)CC5)cc4)c(C=N)c3)cc2)CC1. The first kappa shape index (κ1) is 31.7. The van der Waals surface area contributed by atoms with E-state index in [-0.39, 0.29) is 5.75 Å². The largest absolute Gasteiger partial charge is 0.423 e. The predicted molar refractivity (Wildman–Crippen MR) is 176 cm³/mol. The summed E-state index contributed by atoms with van der Waals surface area (Å²) in [5, 5.41) is 7.86. The van der Waals surface area contributed by atoms with Gasteiger partial charge in [0.2, 0.25) is 0 Å². The van der Waals surface area contributed by atoms with Crippen LogP contribution in [-0.4, -0.2) is 18.2 Å². The number of hydrogen-bond acceptors (Lipinski definition) is 5. The van der Waals surface area contributed by atoms with E-state index in [4.69, 9.17) is 14.9 Å². The molecule has 0 bridgehead atoms. The average molecular weight is 594 g/mol. The Balaban J connectivity index is 1.15. The first-order chi connectivity index (χ1) is 21.5. The minimum Gasteiger partial charge on any atom is -0.423 e. The zero-order chi connectivity index (χ0) is 30.9. The maximum absolute atomic E-state index is 12.9. The van der Waals surface area contributed by atoms with Crippen molar-refractivity contribution in [3.63, 3.8) is 0 Å². The molecule has 0 aromatic heterocycles. The molecule has 0 amide bonds. The van der Waals surface area contributed by atoms with E-state index in [2.05, 4.69) is 26.0 Å². The summed E-state index contributed by atoms with van der Waals surface area (Å²) in [6.07, 6.45) is 16.3. The van der Waals surface area contributed by atoms with Gasteiger partial charge in [0, 0.05) is 11.8 Å². The van der Waals surface area contributed by atoms with E-state index in [0.717, 1.165) is 18.1 Å². The van der Waals surface area contributed by atoms with Gasteiger partial charge in [-0.2, -0.15) is 0 Å². The molecule has 0 unspecified atom stereocenters. The molecule has 232 valence electrons. The van der Waals surface area contributed by atoms with E-state index in [9.17, 15) is 9.59 Å². The maximum Gasteiger partial charge on any atom is 0.343 e. The molecular weight excluding hydrogens is 546 g/mol. The lowest BCUT2D eigenvalue weighted by molar-refractivity contribution is 0.0719. The normalized spacial score (nSPS) is 21.8. The van der Waals surface area contributed by atoms with Crippen molar-refractivity contribution >= 4 is 18.2 Å². The third-order valence-electron chi connectivity index (χ3n) is 9.87. The van der Waals surface area contributed by atoms with Crippen LogP contribution < -0.4 is 9.47 Å². The van der Waals surface area contributed by atoms with Crippen LogP contribution in [0.5, 0.6) is 11.5 Å². The fourth-order valence-corrected chi connectivity index (χ4v) is 7.29. The van der Waals surface area contributed by atoms with Gasteiger partial charge in [0.25, 0.3) is 0 Å². The minimum atomic E-state index is -0.477. The first-order valence-electron chi connectivity index (χ1n) is 16.8. The molecule has 5 nitrogen and oxygen atoms in total. The molecule has 0 aliphatic heterocycles. The molecule has 0 saturated heterocycles. The summed E-state index contributed by atoms with van der Waals surface area (Å²) in [6, 6.07) is 20.3. The van der Waals surface area contributed by atoms with Gasteiger partial charge in [-0.05, 0) is 129 Å². The van der Waals surface area contributed by atoms with Crippen molar-refractivity contribution in [2.24, 2.45) is 11.8 Å². The second kappa shape index (κ2) is 15.3. The van der Waals surface area contributed by atoms with Gasteiger partial charge in [-0.25, -0.2) is 9.59 Å². The van der Waals surface area contributed by atoms with Crippen LogP contribution in [0.2, 0.25) is 0 Å². The summed E-state index contributed by atoms with van der Waals surface area (Å²) in [7, 11) is 0. The molecule has 5 heteroatoms. The summed E-state index contributed by atoms with van der Waals surface area (Å²) in [5.41, 5.74) is 3.89. The van der Waals surface area contributed by atoms with Crippen molar-refractivity contribution in [1.29, 1.82) is 5.41 Å². The second-order valence-corrected chi connectivity index (χ2v) is 12.9. The quantitative estimate of drug-likeness (QED) is 0.136. The molecule has 0 heterocycles. The van der Waals surface area contributed by atoms with E-state index in [1.165, 1.54) is 88.2 Å². The van der Waals surface area contributed by atoms with Gasteiger partial charge in [0.05, 0.1) is 11.1 Å². The first-order valence-corrected chi connectivity index (χ1v) is 16.8. The number of rotatable bonds is 11. The molecule has 5 rings (SSSR count). The Labute approximate surface area is 262 Å². The van der Waals surface area contributed by atoms with E-state index >= 15 is 0 Å². The summed E-state index contributed by atoms with van der Waals surface area (Å²) in [6.45, 7) is 4.52. The molecule has 2 aliphatic carbocycles. The fourth-order valence-electron chi connectivity index (χ4n) is 7.29. The molecule has 0 spiro atoms. The molecule has 0 radical (unpaired) electrons. The zero-order valence-corrected chi connectivity index (χ0v) is 26.4. The topological polar surface area (TPSA) is 76.5 Å². The Morgan fingerprint density at radius 2 is 1.11 bits per heavy atom. The van der Waals surface area contributed by atoms with Gasteiger partial charge < -0.3 is 14.9 Å². The maximum atomic E-state index is 12.9. The Kier molecular flexibility index (Phi) is 11.0. The van der Waals surface area contributed by atoms with Crippen molar-refractivity contribution in [1.82, 2.24) is 0 Å². The van der Waals surface area contributed by atoms with Crippen LogP contribution in [0.25, 0.3) is 0 Å². The van der Waals surface area contributed by atoms with Gasteiger partial charge in [0.15, 0.2) is 0 Å². The van der Waals surface area contributed by atoms with Gasteiger partial charge >= 0.3 is 11.9 Å². The fraction of sp³-hybridized carbons (Fsp3) is 0.462. The molecular formula is C39H47NO4. The molecule has 3 aromatic rings. The highest BCUT2D eigenvalue weighted by molar-refractivity contribution is 5.94. The molecule has 2 fully saturated rings. The highest BCUT2D eigenvalue weighted by atomic mass is 16.5. The summed E-state index contributed by atoms with van der Waals surface area (Å²) in [4.78, 5) is 25.8. The third-order valence-corrected chi connectivity index (χ3v) is 9.87. The number of benzene rings is 3. The second-order valence-electron chi connectivity index (χ2n) is 12.9. The van der Waals surface area contributed by atoms with Crippen LogP contribution in [0, 0.1) is 17.2 Å². The predicted octanol–water partition coefficient (Wildman–Crippen LogP) is 10.3. The van der Waals surface area contributed by atoms with E-state index in [1.54, 1.807) is 18.2 Å². The van der Waals surface area contributed by atoms with E-state index in [1.807, 2.05) is 36.4 Å². The van der Waals surface area contributed by atoms with Crippen molar-refractivity contribution in [3.8, 4) is 11.5 Å². The number of hydrogen-bond donors (Lipinski definition) is 1. The Morgan fingerprint density at radius 1 is 0.659 bits per heavy atom. The molecule has 0 atom stereocenters. The Morgan fingerprint density at radius 3 is 1.55 bits per heavy atom. The summed E-state index contributed by atoms with van der Waals surface area (Å²) >= 11 is 0. The van der Waals surface area contributed by atoms with E-state index in [0.29, 0.717) is 34.3 Å². The van der Waals surface area contributed by atoms with Gasteiger partial charge in [-0.1, -0.05) is 63.8 Å². The van der Waals surface area contributed by atoms with Crippen LogP contribution >= 0.6 is 0 Å². The highest BCUT2D eigenvalue weighted by Crippen LogP contribution is 2.39. The molecule has 1 N–H and O–H groups in total. The van der Waals surface area contributed by atoms with Crippen LogP contribution in [0.15, 0.2) is 66.7 Å². The van der Waals surface area contributed by atoms with Crippen LogP contribution in [-0.2, 0) is 0 Å². The lowest BCUT2D eigenvalue weighted by Crippen LogP contribution is -2.14. The Hall–Kier alpha value is -3.73. The van der Waals surface area contributed by atoms with Gasteiger partial charge in [-0.3, -0.25) is 0 Å². The Bertz CT molecular complexity index is 1400. The zero-order valence-electron chi connectivity index (χ0n) is 26.4. The molecule has 3 aromatic carbocycles. The lowest BCUT2D eigenvalue weighted by atomic mass is 9.77. The van der Waals surface area contributed by atoms with Crippen LogP contribution in [0.3, 0.4) is 0 Å². The standard InChI is InChI=1S/C39H47NO4/c1-3-5-27-7-11-29(12-8-27)31-15-19-33(20-16-31)38(41)43-36-23-24-37(35(25-36)26-40)44-39(42)34-21-17-32(18-22-34)30-13-9-28(6-4-2)10-14-30/h15-30,40H,3-14H2,1-2H3. The lowest BCUT2D eigenvalue weighted by Gasteiger charge is -2.28. The van der Waals surface area contributed by atoms with Crippen molar-refractivity contribution < 1.29 is 19.1 Å². The average Bonchev–Trinajstić information content (AvgIpc) is 3.06. The highest BCUT2D eigenvalue weighted by Gasteiger charge is 2.24. The van der Waals surface area contributed by atoms with E-state index < -0.39 is 11.9 Å².